The Morgan fingerprint density at radius 1 is 1.33 bits per heavy atom. The Morgan fingerprint density at radius 2 is 2.07 bits per heavy atom. The first kappa shape index (κ1) is 21.3. The van der Waals surface area contributed by atoms with Gasteiger partial charge in [-0.2, -0.15) is 0 Å². The van der Waals surface area contributed by atoms with Gasteiger partial charge in [-0.15, -0.1) is 11.3 Å². The van der Waals surface area contributed by atoms with Crippen molar-refractivity contribution >= 4 is 62.1 Å². The summed E-state index contributed by atoms with van der Waals surface area (Å²) in [4.78, 5) is 28.8. The summed E-state index contributed by atoms with van der Waals surface area (Å²) in [5.74, 6) is -1.74. The molecule has 2 aromatic rings. The van der Waals surface area contributed by atoms with Crippen molar-refractivity contribution in [1.82, 2.24) is 0 Å². The molecule has 0 amide bonds. The topological polar surface area (TPSA) is 70.5 Å². The highest BCUT2D eigenvalue weighted by atomic mass is 79.9. The van der Waals surface area contributed by atoms with Crippen molar-refractivity contribution in [1.29, 1.82) is 5.41 Å². The predicted molar refractivity (Wildman–Crippen MR) is 122 cm³/mol. The van der Waals surface area contributed by atoms with Crippen molar-refractivity contribution in [2.24, 2.45) is 5.92 Å². The molecule has 8 heteroatoms. The Labute approximate surface area is 192 Å². The van der Waals surface area contributed by atoms with E-state index in [2.05, 4.69) is 15.9 Å². The molecule has 0 spiro atoms. The molecule has 2 atom stereocenters. The normalized spacial score (nSPS) is 21.6. The van der Waals surface area contributed by atoms with Crippen LogP contribution in [0.5, 0.6) is 0 Å². The molecular formula is C22H20BrClN2O3S. The van der Waals surface area contributed by atoms with Gasteiger partial charge in [0.1, 0.15) is 11.8 Å². The summed E-state index contributed by atoms with van der Waals surface area (Å²) in [6.07, 6.45) is 1.84. The molecule has 5 nitrogen and oxygen atoms in total. The van der Waals surface area contributed by atoms with Gasteiger partial charge < -0.3 is 9.64 Å². The first-order valence-corrected chi connectivity index (χ1v) is 11.8. The number of anilines is 1. The second kappa shape index (κ2) is 8.65. The minimum Gasteiger partial charge on any atom is -0.465 e. The number of halogens is 2. The zero-order chi connectivity index (χ0) is 21.4. The number of ether oxygens (including phenoxy) is 1. The van der Waals surface area contributed by atoms with Crippen LogP contribution in [-0.2, 0) is 14.3 Å². The largest absolute Gasteiger partial charge is 0.465 e. The number of ketones is 1. The van der Waals surface area contributed by atoms with E-state index in [1.165, 1.54) is 11.3 Å². The van der Waals surface area contributed by atoms with Gasteiger partial charge in [0.2, 0.25) is 0 Å². The second-order valence-electron chi connectivity index (χ2n) is 7.21. The lowest BCUT2D eigenvalue weighted by molar-refractivity contribution is -0.146. The van der Waals surface area contributed by atoms with Crippen LogP contribution in [0, 0.1) is 11.3 Å². The monoisotopic (exact) mass is 506 g/mol. The Kier molecular flexibility index (Phi) is 6.14. The van der Waals surface area contributed by atoms with E-state index in [1.807, 2.05) is 23.6 Å². The van der Waals surface area contributed by atoms with E-state index in [4.69, 9.17) is 21.7 Å². The summed E-state index contributed by atoms with van der Waals surface area (Å²) in [6, 6.07) is 9.04. The molecule has 1 aromatic heterocycles. The van der Waals surface area contributed by atoms with Crippen LogP contribution in [0.2, 0.25) is 5.02 Å². The lowest BCUT2D eigenvalue weighted by Gasteiger charge is -2.43. The van der Waals surface area contributed by atoms with Crippen LogP contribution in [0.1, 0.15) is 37.0 Å². The summed E-state index contributed by atoms with van der Waals surface area (Å²) in [6.45, 7) is 1.96. The first-order chi connectivity index (χ1) is 14.4. The number of nitrogens with zero attached hydrogens (tertiary/aromatic N) is 1. The maximum Gasteiger partial charge on any atom is 0.317 e. The van der Waals surface area contributed by atoms with Gasteiger partial charge >= 0.3 is 5.97 Å². The molecule has 0 radical (unpaired) electrons. The van der Waals surface area contributed by atoms with Gasteiger partial charge in [-0.05, 0) is 66.0 Å². The van der Waals surface area contributed by atoms with Gasteiger partial charge in [-0.25, -0.2) is 0 Å². The van der Waals surface area contributed by atoms with Crippen molar-refractivity contribution in [2.75, 3.05) is 11.5 Å². The van der Waals surface area contributed by atoms with E-state index in [-0.39, 0.29) is 18.2 Å². The maximum atomic E-state index is 13.1. The SMILES string of the molecule is CCOC(=O)C1C(=N)N(c2ccc(Cl)cc2)C2=C(C(=O)CCC2)C1c1cc(Br)cs1. The molecule has 4 rings (SSSR count). The molecule has 2 aliphatic rings. The highest BCUT2D eigenvalue weighted by Gasteiger charge is 2.48. The van der Waals surface area contributed by atoms with Crippen LogP contribution >= 0.6 is 38.9 Å². The zero-order valence-corrected chi connectivity index (χ0v) is 19.4. The molecule has 2 heterocycles. The smallest absolute Gasteiger partial charge is 0.317 e. The number of allylic oxidation sites excluding steroid dienone is 2. The fourth-order valence-corrected chi connectivity index (χ4v) is 5.92. The number of esters is 1. The molecule has 1 aliphatic carbocycles. The molecule has 0 saturated carbocycles. The number of hydrogen-bond acceptors (Lipinski definition) is 5. The second-order valence-corrected chi connectivity index (χ2v) is 9.50. The first-order valence-electron chi connectivity index (χ1n) is 9.73. The molecule has 30 heavy (non-hydrogen) atoms. The number of rotatable bonds is 4. The van der Waals surface area contributed by atoms with Crippen LogP contribution in [0.25, 0.3) is 0 Å². The fourth-order valence-electron chi connectivity index (χ4n) is 4.20. The molecule has 1 N–H and O–H groups in total. The lowest BCUT2D eigenvalue weighted by atomic mass is 9.73. The van der Waals surface area contributed by atoms with Gasteiger partial charge in [0.15, 0.2) is 5.78 Å². The van der Waals surface area contributed by atoms with Crippen LogP contribution in [-0.4, -0.2) is 24.2 Å². The van der Waals surface area contributed by atoms with Gasteiger partial charge in [0.05, 0.1) is 6.61 Å². The number of carbonyl (C=O) groups excluding carboxylic acids is 2. The third-order valence-electron chi connectivity index (χ3n) is 5.40. The van der Waals surface area contributed by atoms with Gasteiger partial charge in [-0.3, -0.25) is 15.0 Å². The number of benzene rings is 1. The third kappa shape index (κ3) is 3.74. The van der Waals surface area contributed by atoms with Gasteiger partial charge in [0.25, 0.3) is 0 Å². The molecule has 2 unspecified atom stereocenters. The fraction of sp³-hybridized carbons (Fsp3) is 0.318. The van der Waals surface area contributed by atoms with E-state index in [0.717, 1.165) is 21.5 Å². The van der Waals surface area contributed by atoms with Crippen LogP contribution in [0.15, 0.2) is 51.5 Å². The standard InChI is InChI=1S/C22H20BrClN2O3S/c1-2-29-22(28)20-19(17-10-12(23)11-30-17)18-15(4-3-5-16(18)27)26(21(20)25)14-8-6-13(24)7-9-14/h6-11,19-20,25H,2-5H2,1H3. The average molecular weight is 508 g/mol. The quantitative estimate of drug-likeness (QED) is 0.521. The van der Waals surface area contributed by atoms with E-state index in [1.54, 1.807) is 24.0 Å². The van der Waals surface area contributed by atoms with Crippen LogP contribution in [0.3, 0.4) is 0 Å². The Bertz CT molecular complexity index is 1050. The Hall–Kier alpha value is -1.96. The van der Waals surface area contributed by atoms with E-state index >= 15 is 0 Å². The van der Waals surface area contributed by atoms with Crippen LogP contribution < -0.4 is 4.90 Å². The molecule has 0 bridgehead atoms. The van der Waals surface area contributed by atoms with Crippen molar-refractivity contribution in [3.8, 4) is 0 Å². The average Bonchev–Trinajstić information content (AvgIpc) is 3.14. The number of carbonyl (C=O) groups is 2. The van der Waals surface area contributed by atoms with Crippen molar-refractivity contribution in [3.05, 3.63) is 61.4 Å². The minimum atomic E-state index is -0.896. The lowest BCUT2D eigenvalue weighted by Crippen LogP contribution is -2.49. The molecular weight excluding hydrogens is 488 g/mol. The number of Topliss-reactive ketones (excluding diaryl/α,β-unsaturated/α-hetero) is 1. The van der Waals surface area contributed by atoms with E-state index in [9.17, 15) is 9.59 Å². The minimum absolute atomic E-state index is 0.0338. The highest BCUT2D eigenvalue weighted by Crippen LogP contribution is 2.48. The Morgan fingerprint density at radius 3 is 2.70 bits per heavy atom. The zero-order valence-electron chi connectivity index (χ0n) is 16.3. The summed E-state index contributed by atoms with van der Waals surface area (Å²) < 4.78 is 6.25. The molecule has 0 saturated heterocycles. The van der Waals surface area contributed by atoms with E-state index in [0.29, 0.717) is 29.1 Å². The highest BCUT2D eigenvalue weighted by molar-refractivity contribution is 9.10. The van der Waals surface area contributed by atoms with Crippen LogP contribution in [0.4, 0.5) is 5.69 Å². The Balaban J connectivity index is 1.94. The molecule has 1 aromatic carbocycles. The maximum absolute atomic E-state index is 13.1. The van der Waals surface area contributed by atoms with Crippen molar-refractivity contribution < 1.29 is 14.3 Å². The third-order valence-corrected chi connectivity index (χ3v) is 7.43. The summed E-state index contributed by atoms with van der Waals surface area (Å²) in [5, 5.41) is 11.5. The molecule has 156 valence electrons. The summed E-state index contributed by atoms with van der Waals surface area (Å²) >= 11 is 11.0. The number of amidine groups is 1. The molecule has 1 aliphatic heterocycles. The summed E-state index contributed by atoms with van der Waals surface area (Å²) in [5.41, 5.74) is 2.14. The molecule has 0 fully saturated rings. The van der Waals surface area contributed by atoms with Crippen molar-refractivity contribution in [3.63, 3.8) is 0 Å². The predicted octanol–water partition coefficient (Wildman–Crippen LogP) is 5.93. The van der Waals surface area contributed by atoms with Crippen molar-refractivity contribution in [2.45, 2.75) is 32.1 Å². The summed E-state index contributed by atoms with van der Waals surface area (Å²) in [7, 11) is 0. The number of nitrogens with one attached hydrogen (secondary N) is 1. The van der Waals surface area contributed by atoms with Gasteiger partial charge in [0, 0.05) is 49.0 Å². The number of thiophene rings is 1. The van der Waals surface area contributed by atoms with E-state index < -0.39 is 17.8 Å². The number of hydrogen-bond donors (Lipinski definition) is 1. The van der Waals surface area contributed by atoms with Gasteiger partial charge in [-0.1, -0.05) is 11.6 Å².